The second-order valence-electron chi connectivity index (χ2n) is 13.0. The van der Waals surface area contributed by atoms with Crippen molar-refractivity contribution in [1.29, 1.82) is 0 Å². The van der Waals surface area contributed by atoms with Gasteiger partial charge in [0.1, 0.15) is 11.6 Å². The summed E-state index contributed by atoms with van der Waals surface area (Å²) in [5.41, 5.74) is 9.64. The van der Waals surface area contributed by atoms with Crippen molar-refractivity contribution in [3.8, 4) is 5.75 Å². The highest BCUT2D eigenvalue weighted by Gasteiger charge is 2.50. The van der Waals surface area contributed by atoms with Crippen molar-refractivity contribution in [2.75, 3.05) is 11.5 Å². The highest BCUT2D eigenvalue weighted by Crippen LogP contribution is 2.50. The van der Waals surface area contributed by atoms with E-state index in [9.17, 15) is 9.18 Å². The molecule has 3 aromatic carbocycles. The molecule has 1 amide bonds. The van der Waals surface area contributed by atoms with Crippen molar-refractivity contribution in [2.45, 2.75) is 90.2 Å². The number of halogens is 2. The van der Waals surface area contributed by atoms with Crippen molar-refractivity contribution in [3.63, 3.8) is 0 Å². The molecule has 0 spiro atoms. The van der Waals surface area contributed by atoms with Gasteiger partial charge in [-0.3, -0.25) is 4.79 Å². The number of hydrogen-bond acceptors (Lipinski definition) is 4. The molecule has 2 N–H and O–H groups in total. The van der Waals surface area contributed by atoms with Crippen LogP contribution in [0.5, 0.6) is 5.75 Å². The van der Waals surface area contributed by atoms with E-state index in [1.807, 2.05) is 53.4 Å². The lowest BCUT2D eigenvalue weighted by Gasteiger charge is -2.48. The number of unbranched alkanes of at least 4 members (excludes halogenated alkanes) is 1. The van der Waals surface area contributed by atoms with Gasteiger partial charge in [0.25, 0.3) is 0 Å². The maximum Gasteiger partial charge on any atom is 0.233 e. The van der Waals surface area contributed by atoms with Gasteiger partial charge >= 0.3 is 0 Å². The number of ether oxygens (including phenoxy) is 1. The Labute approximate surface area is 266 Å². The van der Waals surface area contributed by atoms with E-state index in [1.54, 1.807) is 0 Å². The zero-order valence-electron chi connectivity index (χ0n) is 26.3. The molecular weight excluding hydrogens is 623 g/mol. The van der Waals surface area contributed by atoms with Crippen LogP contribution in [0.15, 0.2) is 71.2 Å². The topological polar surface area (TPSA) is 64.8 Å². The molecule has 1 saturated heterocycles. The third kappa shape index (κ3) is 7.77. The van der Waals surface area contributed by atoms with Crippen LogP contribution in [0.3, 0.4) is 0 Å². The van der Waals surface area contributed by atoms with Gasteiger partial charge in [0.2, 0.25) is 5.91 Å². The summed E-state index contributed by atoms with van der Waals surface area (Å²) in [4.78, 5) is 15.8. The molecule has 8 heteroatoms. The molecule has 3 atom stereocenters. The van der Waals surface area contributed by atoms with Gasteiger partial charge in [0, 0.05) is 22.3 Å². The van der Waals surface area contributed by atoms with Crippen LogP contribution in [-0.4, -0.2) is 20.8 Å². The summed E-state index contributed by atoms with van der Waals surface area (Å²) in [5.74, 6) is 0.348. The van der Waals surface area contributed by atoms with E-state index in [1.165, 1.54) is 12.1 Å². The first kappa shape index (κ1) is 33.4. The zero-order valence-corrected chi connectivity index (χ0v) is 28.9. The summed E-state index contributed by atoms with van der Waals surface area (Å²) in [7, 11) is -2.16. The molecule has 0 bridgehead atoms. The van der Waals surface area contributed by atoms with Crippen LogP contribution in [0.25, 0.3) is 0 Å². The van der Waals surface area contributed by atoms with Gasteiger partial charge < -0.3 is 19.8 Å². The quantitative estimate of drug-likeness (QED) is 0.112. The Morgan fingerprint density at radius 3 is 2.33 bits per heavy atom. The predicted octanol–water partition coefficient (Wildman–Crippen LogP) is 9.47. The molecule has 4 rings (SSSR count). The first-order valence-electron chi connectivity index (χ1n) is 15.3. The van der Waals surface area contributed by atoms with E-state index in [2.05, 4.69) is 62.8 Å². The monoisotopic (exact) mass is 668 g/mol. The van der Waals surface area contributed by atoms with Crippen LogP contribution in [0, 0.1) is 11.7 Å². The van der Waals surface area contributed by atoms with Crippen molar-refractivity contribution >= 4 is 35.8 Å². The number of amides is 1. The first-order valence-corrected chi connectivity index (χ1v) is 19.0. The molecule has 0 radical (unpaired) electrons. The van der Waals surface area contributed by atoms with Crippen molar-refractivity contribution < 1.29 is 18.3 Å². The molecule has 232 valence electrons. The lowest BCUT2D eigenvalue weighted by molar-refractivity contribution is -0.131. The van der Waals surface area contributed by atoms with E-state index < -0.39 is 8.32 Å². The fourth-order valence-corrected chi connectivity index (χ4v) is 6.96. The number of carbonyl (C=O) groups excluding carboxylic acids is 1. The maximum atomic E-state index is 13.9. The molecule has 1 heterocycles. The van der Waals surface area contributed by atoms with Gasteiger partial charge in [0.15, 0.2) is 8.32 Å². The Kier molecular flexibility index (Phi) is 10.9. The lowest BCUT2D eigenvalue weighted by Crippen LogP contribution is -2.55. The van der Waals surface area contributed by atoms with E-state index >= 15 is 0 Å². The number of carbonyl (C=O) groups is 1. The summed E-state index contributed by atoms with van der Waals surface area (Å²) in [6.45, 7) is 14.3. The Balaban J connectivity index is 1.68. The van der Waals surface area contributed by atoms with Gasteiger partial charge in [-0.2, -0.15) is 0 Å². The van der Waals surface area contributed by atoms with Crippen molar-refractivity contribution in [2.24, 2.45) is 11.7 Å². The Bertz CT molecular complexity index is 1380. The van der Waals surface area contributed by atoms with Crippen LogP contribution in [0.2, 0.25) is 18.1 Å². The minimum absolute atomic E-state index is 0.00868. The lowest BCUT2D eigenvalue weighted by atomic mass is 9.78. The molecule has 1 aliphatic rings. The van der Waals surface area contributed by atoms with Crippen LogP contribution in [-0.2, 0) is 15.8 Å². The number of β-lactam (4-membered cyclic amide) rings is 1. The smallest absolute Gasteiger partial charge is 0.233 e. The molecule has 5 nitrogen and oxygen atoms in total. The molecule has 0 saturated carbocycles. The maximum absolute atomic E-state index is 13.9. The molecule has 0 unspecified atom stereocenters. The number of rotatable bonds is 13. The average molecular weight is 670 g/mol. The minimum Gasteiger partial charge on any atom is -0.493 e. The Hall–Kier alpha value is -2.52. The van der Waals surface area contributed by atoms with Gasteiger partial charge in [-0.25, -0.2) is 4.39 Å². The molecular formula is C35H46BrFN2O3Si. The summed E-state index contributed by atoms with van der Waals surface area (Å²) in [5, 5.41) is 0.00868. The van der Waals surface area contributed by atoms with Gasteiger partial charge in [0.05, 0.1) is 24.7 Å². The van der Waals surface area contributed by atoms with Crippen LogP contribution < -0.4 is 15.4 Å². The summed E-state index contributed by atoms with van der Waals surface area (Å²) in [6.07, 6.45) is 3.02. The first-order chi connectivity index (χ1) is 20.4. The van der Waals surface area contributed by atoms with Crippen LogP contribution >= 0.6 is 15.9 Å². The standard InChI is InChI=1S/C35H46BrFN2O3Si/c1-7-8-21-41-32-22-26(36)13-18-29(32)33-30(34(40)39(33)28-16-9-24(23-38)10-17-28)19-20-31(25-11-14-27(37)15-12-25)42-43(5,6)35(2,3)4/h9-18,22,30-31,33H,7-8,19-21,23,38H2,1-6H3/t30-,31+,33-/m1/s1. The summed E-state index contributed by atoms with van der Waals surface area (Å²) >= 11 is 3.61. The fraction of sp³-hybridized carbons (Fsp3) is 0.457. The van der Waals surface area contributed by atoms with E-state index in [4.69, 9.17) is 14.9 Å². The molecule has 0 aliphatic carbocycles. The molecule has 43 heavy (non-hydrogen) atoms. The number of nitrogens with two attached hydrogens (primary N) is 1. The largest absolute Gasteiger partial charge is 0.493 e. The third-order valence-corrected chi connectivity index (χ3v) is 13.9. The average Bonchev–Trinajstić information content (AvgIpc) is 2.96. The second-order valence-corrected chi connectivity index (χ2v) is 18.7. The Morgan fingerprint density at radius 2 is 1.72 bits per heavy atom. The van der Waals surface area contributed by atoms with Crippen molar-refractivity contribution in [3.05, 3.63) is 93.7 Å². The van der Waals surface area contributed by atoms with Crippen molar-refractivity contribution in [1.82, 2.24) is 0 Å². The third-order valence-electron chi connectivity index (χ3n) is 8.94. The SMILES string of the molecule is CCCCOc1cc(Br)ccc1[C@@H]1[C@@H](CC[C@H](O[Si](C)(C)C(C)(C)C)c2ccc(F)cc2)C(=O)N1c1ccc(CN)cc1. The summed E-state index contributed by atoms with van der Waals surface area (Å²) in [6, 6.07) is 20.4. The highest BCUT2D eigenvalue weighted by molar-refractivity contribution is 9.10. The highest BCUT2D eigenvalue weighted by atomic mass is 79.9. The fourth-order valence-electron chi connectivity index (χ4n) is 5.30. The zero-order chi connectivity index (χ0) is 31.4. The number of nitrogens with zero attached hydrogens (tertiary/aromatic N) is 1. The summed E-state index contributed by atoms with van der Waals surface area (Å²) < 4.78 is 28.0. The number of hydrogen-bond donors (Lipinski definition) is 1. The second kappa shape index (κ2) is 14.1. The van der Waals surface area contributed by atoms with E-state index in [-0.39, 0.29) is 34.8 Å². The molecule has 1 aliphatic heterocycles. The van der Waals surface area contributed by atoms with E-state index in [0.29, 0.717) is 26.0 Å². The van der Waals surface area contributed by atoms with Crippen LogP contribution in [0.1, 0.15) is 82.2 Å². The van der Waals surface area contributed by atoms with Crippen LogP contribution in [0.4, 0.5) is 10.1 Å². The molecule has 1 fully saturated rings. The number of benzene rings is 3. The Morgan fingerprint density at radius 1 is 1.05 bits per heavy atom. The van der Waals surface area contributed by atoms with Gasteiger partial charge in [-0.15, -0.1) is 0 Å². The normalized spacial score (nSPS) is 18.0. The molecule has 3 aromatic rings. The van der Waals surface area contributed by atoms with Gasteiger partial charge in [-0.1, -0.05) is 80.4 Å². The minimum atomic E-state index is -2.16. The van der Waals surface area contributed by atoms with E-state index in [0.717, 1.165) is 45.4 Å². The van der Waals surface area contributed by atoms with Gasteiger partial charge in [-0.05, 0) is 84.9 Å². The molecule has 0 aromatic heterocycles. The predicted molar refractivity (Wildman–Crippen MR) is 179 cm³/mol. The number of anilines is 1.